The summed E-state index contributed by atoms with van der Waals surface area (Å²) in [5.74, 6) is 0. The molecular weight excluding hydrogens is 429 g/mol. The van der Waals surface area contributed by atoms with Gasteiger partial charge in [-0.1, -0.05) is 0 Å². The molecule has 0 amide bonds. The summed E-state index contributed by atoms with van der Waals surface area (Å²) in [6, 6.07) is 3.50. The monoisotopic (exact) mass is 454 g/mol. The van der Waals surface area contributed by atoms with E-state index >= 15 is 0 Å². The molecule has 0 aliphatic carbocycles. The first kappa shape index (κ1) is 28.8. The molecule has 0 saturated carbocycles. The third-order valence-electron chi connectivity index (χ3n) is 2.68. The molecule has 20 heavy (non-hydrogen) atoms. The fourth-order valence-corrected chi connectivity index (χ4v) is 1.34. The predicted molar refractivity (Wildman–Crippen MR) is 88.4 cm³/mol. The van der Waals surface area contributed by atoms with Gasteiger partial charge in [0.25, 0.3) is 0 Å². The topological polar surface area (TPSA) is 47.6 Å². The maximum atomic E-state index is 7.32. The minimum absolute atomic E-state index is 1.28. The quantitative estimate of drug-likeness (QED) is 0.404. The van der Waals surface area contributed by atoms with Gasteiger partial charge >= 0.3 is 49.6 Å². The van der Waals surface area contributed by atoms with Gasteiger partial charge in [0.15, 0.2) is 0 Å². The van der Waals surface area contributed by atoms with Crippen molar-refractivity contribution in [1.29, 1.82) is 10.5 Å². The third kappa shape index (κ3) is 36.3. The van der Waals surface area contributed by atoms with Crippen molar-refractivity contribution in [2.75, 3.05) is 26.2 Å². The molecule has 3 nitrogen and oxygen atoms in total. The van der Waals surface area contributed by atoms with Gasteiger partial charge in [0.2, 0.25) is 0 Å². The normalized spacial score (nSPS) is 10.0. The summed E-state index contributed by atoms with van der Waals surface area (Å²) in [6.07, 6.45) is 0. The fourth-order valence-electron chi connectivity index (χ4n) is 1.34. The van der Waals surface area contributed by atoms with Gasteiger partial charge in [-0.25, -0.2) is 0 Å². The van der Waals surface area contributed by atoms with E-state index in [0.717, 1.165) is 0 Å². The summed E-state index contributed by atoms with van der Waals surface area (Å²) in [7, 11) is 17.0. The molecule has 8 heteroatoms. The van der Waals surface area contributed by atoms with E-state index in [4.69, 9.17) is 49.3 Å². The van der Waals surface area contributed by atoms with Gasteiger partial charge in [0.05, 0.1) is 38.3 Å². The number of nitriles is 2. The van der Waals surface area contributed by atoms with Crippen LogP contribution in [0.4, 0.5) is 0 Å². The molecule has 0 aromatic carbocycles. The van der Waals surface area contributed by atoms with Crippen LogP contribution < -0.4 is 0 Å². The van der Waals surface area contributed by atoms with Crippen LogP contribution in [0.3, 0.4) is 0 Å². The number of nitrogens with zero attached hydrogens (tertiary/aromatic N) is 3. The minimum atomic E-state index is -2.97. The SMILES string of the molecule is CC#N.CC#N.CC[N+](CC)(CC)CC.[Cl][Ru]([Cl])([Cl])[Cl]. The molecule has 0 aromatic rings. The van der Waals surface area contributed by atoms with E-state index in [1.807, 2.05) is 0 Å². The van der Waals surface area contributed by atoms with Crippen molar-refractivity contribution >= 4 is 38.8 Å². The van der Waals surface area contributed by atoms with Gasteiger partial charge in [-0.15, -0.1) is 0 Å². The van der Waals surface area contributed by atoms with Gasteiger partial charge in [0.1, 0.15) is 0 Å². The zero-order valence-corrected chi connectivity index (χ0v) is 17.8. The molecular formula is C12H26Cl4N3Ru+. The van der Waals surface area contributed by atoms with Crippen molar-refractivity contribution in [2.24, 2.45) is 0 Å². The van der Waals surface area contributed by atoms with Crippen molar-refractivity contribution in [1.82, 2.24) is 0 Å². The molecule has 124 valence electrons. The summed E-state index contributed by atoms with van der Waals surface area (Å²) in [5.41, 5.74) is 0. The molecule has 0 saturated heterocycles. The van der Waals surface area contributed by atoms with E-state index in [9.17, 15) is 0 Å². The zero-order chi connectivity index (χ0) is 17.2. The van der Waals surface area contributed by atoms with E-state index in [1.165, 1.54) is 44.5 Å². The van der Waals surface area contributed by atoms with Gasteiger partial charge < -0.3 is 4.48 Å². The second-order valence-corrected chi connectivity index (χ2v) is 19.2. The van der Waals surface area contributed by atoms with Crippen molar-refractivity contribution in [3.05, 3.63) is 0 Å². The zero-order valence-electron chi connectivity index (χ0n) is 13.0. The van der Waals surface area contributed by atoms with E-state index in [0.29, 0.717) is 0 Å². The van der Waals surface area contributed by atoms with Crippen LogP contribution in [0.15, 0.2) is 0 Å². The Hall–Kier alpha value is 0.723. The Morgan fingerprint density at radius 2 is 0.850 bits per heavy atom. The van der Waals surface area contributed by atoms with E-state index < -0.39 is 10.8 Å². The Balaban J connectivity index is -0.0000000983. The molecule has 0 bridgehead atoms. The predicted octanol–water partition coefficient (Wildman–Crippen LogP) is 5.70. The summed E-state index contributed by atoms with van der Waals surface area (Å²) in [5, 5.41) is 14.6. The number of hydrogen-bond acceptors (Lipinski definition) is 2. The molecule has 0 atom stereocenters. The molecule has 0 unspecified atom stereocenters. The molecule has 0 N–H and O–H groups in total. The van der Waals surface area contributed by atoms with Crippen LogP contribution in [0.5, 0.6) is 0 Å². The van der Waals surface area contributed by atoms with Crippen molar-refractivity contribution < 1.29 is 15.3 Å². The fraction of sp³-hybridized carbons (Fsp3) is 0.833. The van der Waals surface area contributed by atoms with Gasteiger partial charge in [-0.05, 0) is 27.7 Å². The van der Waals surface area contributed by atoms with Crippen molar-refractivity contribution in [2.45, 2.75) is 41.5 Å². The maximum absolute atomic E-state index is 7.32. The van der Waals surface area contributed by atoms with Gasteiger partial charge in [-0.2, -0.15) is 10.5 Å². The molecule has 0 aliphatic heterocycles. The van der Waals surface area contributed by atoms with Crippen LogP contribution >= 0.6 is 38.8 Å². The summed E-state index contributed by atoms with van der Waals surface area (Å²) in [6.45, 7) is 17.1. The van der Waals surface area contributed by atoms with Crippen LogP contribution in [0.1, 0.15) is 41.5 Å². The number of quaternary nitrogens is 1. The second-order valence-electron chi connectivity index (χ2n) is 3.36. The van der Waals surface area contributed by atoms with E-state index in [-0.39, 0.29) is 0 Å². The van der Waals surface area contributed by atoms with Crippen molar-refractivity contribution in [3.8, 4) is 12.1 Å². The first-order valence-electron chi connectivity index (χ1n) is 6.08. The third-order valence-corrected chi connectivity index (χ3v) is 2.68. The Morgan fingerprint density at radius 1 is 0.750 bits per heavy atom. The van der Waals surface area contributed by atoms with Crippen LogP contribution in [0.2, 0.25) is 0 Å². The van der Waals surface area contributed by atoms with Crippen LogP contribution in [0, 0.1) is 22.7 Å². The van der Waals surface area contributed by atoms with Crippen LogP contribution in [-0.4, -0.2) is 30.7 Å². The molecule has 0 heterocycles. The summed E-state index contributed by atoms with van der Waals surface area (Å²) in [4.78, 5) is 0. The first-order valence-corrected chi connectivity index (χ1v) is 15.0. The first-order chi connectivity index (χ1) is 9.07. The van der Waals surface area contributed by atoms with Crippen LogP contribution in [-0.2, 0) is 10.8 Å². The van der Waals surface area contributed by atoms with Crippen molar-refractivity contribution in [3.63, 3.8) is 0 Å². The number of rotatable bonds is 4. The number of hydrogen-bond donors (Lipinski definition) is 0. The van der Waals surface area contributed by atoms with Gasteiger partial charge in [0, 0.05) is 13.8 Å². The average molecular weight is 455 g/mol. The molecule has 0 aromatic heterocycles. The Labute approximate surface area is 143 Å². The Kier molecular flexibility index (Phi) is 28.4. The molecule has 0 aliphatic rings. The number of halogens is 4. The van der Waals surface area contributed by atoms with Gasteiger partial charge in [-0.3, -0.25) is 0 Å². The molecule has 0 fully saturated rings. The van der Waals surface area contributed by atoms with E-state index in [2.05, 4.69) is 27.7 Å². The summed E-state index contributed by atoms with van der Waals surface area (Å²) < 4.78 is 1.28. The van der Waals surface area contributed by atoms with E-state index in [1.54, 1.807) is 12.1 Å². The molecule has 0 radical (unpaired) electrons. The molecule has 0 rings (SSSR count). The van der Waals surface area contributed by atoms with Crippen LogP contribution in [0.25, 0.3) is 0 Å². The summed E-state index contributed by atoms with van der Waals surface area (Å²) >= 11 is 0. The second kappa shape index (κ2) is 19.7. The standard InChI is InChI=1S/C8H20N.2C2H3N.4ClH.Ru/c1-5-9(6-2,7-3)8-4;2*1-2-3;;;;;/h5-8H2,1-4H3;2*1H3;4*1H;/q+1;;;;;;;+4/p-4. The average Bonchev–Trinajstić information content (AvgIpc) is 2.33. The Morgan fingerprint density at radius 3 is 0.850 bits per heavy atom. The Bertz CT molecular complexity index is 230. The molecule has 0 spiro atoms.